The molecule has 0 aliphatic heterocycles. The molecule has 0 aliphatic rings. The van der Waals surface area contributed by atoms with E-state index in [1.807, 2.05) is 24.3 Å². The molecule has 1 rings (SSSR count). The van der Waals surface area contributed by atoms with E-state index in [0.29, 0.717) is 6.54 Å². The van der Waals surface area contributed by atoms with Crippen molar-refractivity contribution in [2.75, 3.05) is 13.2 Å². The number of hydrogen-bond donors (Lipinski definition) is 2. The number of aliphatic hydroxyl groups excluding tert-OH is 1. The molecule has 0 fully saturated rings. The Balaban J connectivity index is 2.32. The van der Waals surface area contributed by atoms with E-state index in [0.717, 1.165) is 10.9 Å². The molecule has 1 aromatic rings. The number of aliphatic hydroxyl groups is 1. The van der Waals surface area contributed by atoms with E-state index in [1.165, 1.54) is 5.56 Å². The molecule has 4 heteroatoms. The van der Waals surface area contributed by atoms with Crippen LogP contribution in [0.5, 0.6) is 0 Å². The highest BCUT2D eigenvalue weighted by Gasteiger charge is 2.01. The van der Waals surface area contributed by atoms with E-state index in [4.69, 9.17) is 5.11 Å². The van der Waals surface area contributed by atoms with Crippen LogP contribution in [-0.2, 0) is 11.2 Å². The normalized spacial score (nSPS) is 10.0. The van der Waals surface area contributed by atoms with E-state index in [2.05, 4.69) is 21.2 Å². The Labute approximate surface area is 97.6 Å². The third kappa shape index (κ3) is 4.44. The predicted molar refractivity (Wildman–Crippen MR) is 62.6 cm³/mol. The van der Waals surface area contributed by atoms with Gasteiger partial charge in [0.2, 0.25) is 5.91 Å². The second-order valence-electron chi connectivity index (χ2n) is 3.16. The minimum Gasteiger partial charge on any atom is -0.396 e. The molecule has 0 heterocycles. The van der Waals surface area contributed by atoms with Gasteiger partial charge in [0.1, 0.15) is 0 Å². The van der Waals surface area contributed by atoms with E-state index in [9.17, 15) is 4.79 Å². The van der Waals surface area contributed by atoms with Gasteiger partial charge in [-0.1, -0.05) is 34.1 Å². The molecule has 0 radical (unpaired) electrons. The lowest BCUT2D eigenvalue weighted by Crippen LogP contribution is -2.26. The van der Waals surface area contributed by atoms with Crippen molar-refractivity contribution >= 4 is 21.8 Å². The lowest BCUT2D eigenvalue weighted by Gasteiger charge is -2.05. The first kappa shape index (κ1) is 12.2. The summed E-state index contributed by atoms with van der Waals surface area (Å²) < 4.78 is 1.06. The molecule has 0 saturated carbocycles. The fourth-order valence-electron chi connectivity index (χ4n) is 1.23. The highest BCUT2D eigenvalue weighted by molar-refractivity contribution is 9.10. The number of nitrogens with one attached hydrogen (secondary N) is 1. The highest BCUT2D eigenvalue weighted by atomic mass is 79.9. The topological polar surface area (TPSA) is 49.3 Å². The first-order valence-corrected chi connectivity index (χ1v) is 5.64. The van der Waals surface area contributed by atoms with E-state index >= 15 is 0 Å². The van der Waals surface area contributed by atoms with Crippen LogP contribution in [0.15, 0.2) is 28.7 Å². The monoisotopic (exact) mass is 271 g/mol. The molecule has 0 spiro atoms. The Hall–Kier alpha value is -0.870. The summed E-state index contributed by atoms with van der Waals surface area (Å²) in [6.07, 6.45) is 0.967. The maximum atomic E-state index is 11.0. The van der Waals surface area contributed by atoms with Gasteiger partial charge in [0, 0.05) is 17.4 Å². The van der Waals surface area contributed by atoms with Gasteiger partial charge < -0.3 is 10.4 Å². The van der Waals surface area contributed by atoms with Crippen molar-refractivity contribution in [3.63, 3.8) is 0 Å². The van der Waals surface area contributed by atoms with E-state index < -0.39 is 0 Å². The van der Waals surface area contributed by atoms with Gasteiger partial charge in [-0.05, 0) is 18.1 Å². The van der Waals surface area contributed by atoms with Crippen LogP contribution < -0.4 is 5.32 Å². The van der Waals surface area contributed by atoms with Gasteiger partial charge in [0.05, 0.1) is 6.61 Å². The molecule has 0 unspecified atom stereocenters. The summed E-state index contributed by atoms with van der Waals surface area (Å²) in [7, 11) is 0. The Bertz CT molecular complexity index is 328. The summed E-state index contributed by atoms with van der Waals surface area (Å²) in [5.41, 5.74) is 1.17. The van der Waals surface area contributed by atoms with Gasteiger partial charge in [-0.15, -0.1) is 0 Å². The van der Waals surface area contributed by atoms with Crippen LogP contribution in [0.1, 0.15) is 12.0 Å². The van der Waals surface area contributed by atoms with E-state index in [-0.39, 0.29) is 18.9 Å². The molecule has 0 aromatic heterocycles. The van der Waals surface area contributed by atoms with Crippen molar-refractivity contribution in [3.05, 3.63) is 34.3 Å². The molecule has 2 N–H and O–H groups in total. The maximum Gasteiger partial charge on any atom is 0.222 e. The SMILES string of the molecule is O=C(CCO)NCCc1ccccc1Br. The van der Waals surface area contributed by atoms with Crippen molar-refractivity contribution in [1.29, 1.82) is 0 Å². The molecule has 0 atom stereocenters. The lowest BCUT2D eigenvalue weighted by atomic mass is 10.1. The third-order valence-electron chi connectivity index (χ3n) is 2.01. The van der Waals surface area contributed by atoms with Crippen molar-refractivity contribution < 1.29 is 9.90 Å². The summed E-state index contributed by atoms with van der Waals surface area (Å²) in [4.78, 5) is 11.0. The summed E-state index contributed by atoms with van der Waals surface area (Å²) in [5.74, 6) is -0.107. The van der Waals surface area contributed by atoms with Crippen LogP contribution in [0.4, 0.5) is 0 Å². The quantitative estimate of drug-likeness (QED) is 0.853. The molecule has 3 nitrogen and oxygen atoms in total. The fraction of sp³-hybridized carbons (Fsp3) is 0.364. The van der Waals surface area contributed by atoms with Gasteiger partial charge in [0.25, 0.3) is 0 Å². The zero-order valence-electron chi connectivity index (χ0n) is 8.37. The largest absolute Gasteiger partial charge is 0.396 e. The Morgan fingerprint density at radius 3 is 2.80 bits per heavy atom. The van der Waals surface area contributed by atoms with E-state index in [1.54, 1.807) is 0 Å². The molecular formula is C11H14BrNO2. The summed E-state index contributed by atoms with van der Waals surface area (Å²) >= 11 is 3.44. The van der Waals surface area contributed by atoms with Gasteiger partial charge >= 0.3 is 0 Å². The minimum atomic E-state index is -0.107. The predicted octanol–water partition coefficient (Wildman–Crippen LogP) is 1.49. The number of carbonyl (C=O) groups excluding carboxylic acids is 1. The molecular weight excluding hydrogens is 258 g/mol. The Morgan fingerprint density at radius 1 is 1.40 bits per heavy atom. The molecule has 15 heavy (non-hydrogen) atoms. The van der Waals surface area contributed by atoms with Crippen LogP contribution in [-0.4, -0.2) is 24.2 Å². The number of rotatable bonds is 5. The lowest BCUT2D eigenvalue weighted by molar-refractivity contribution is -0.121. The van der Waals surface area contributed by atoms with Crippen molar-refractivity contribution in [1.82, 2.24) is 5.32 Å². The second-order valence-corrected chi connectivity index (χ2v) is 4.02. The zero-order chi connectivity index (χ0) is 11.1. The summed E-state index contributed by atoms with van der Waals surface area (Å²) in [6.45, 7) is 0.502. The second kappa shape index (κ2) is 6.58. The van der Waals surface area contributed by atoms with Crippen LogP contribution in [0.2, 0.25) is 0 Å². The zero-order valence-corrected chi connectivity index (χ0v) is 9.96. The number of carbonyl (C=O) groups is 1. The van der Waals surface area contributed by atoms with Crippen LogP contribution in [0, 0.1) is 0 Å². The first-order valence-electron chi connectivity index (χ1n) is 4.85. The first-order chi connectivity index (χ1) is 7.24. The maximum absolute atomic E-state index is 11.0. The Morgan fingerprint density at radius 2 is 2.13 bits per heavy atom. The molecule has 1 amide bonds. The molecule has 0 saturated heterocycles. The van der Waals surface area contributed by atoms with Crippen molar-refractivity contribution in [2.24, 2.45) is 0 Å². The molecule has 0 bridgehead atoms. The highest BCUT2D eigenvalue weighted by Crippen LogP contribution is 2.15. The van der Waals surface area contributed by atoms with Gasteiger partial charge in [-0.3, -0.25) is 4.79 Å². The molecule has 1 aromatic carbocycles. The number of hydrogen-bond acceptors (Lipinski definition) is 2. The Kier molecular flexibility index (Phi) is 5.36. The number of benzene rings is 1. The smallest absolute Gasteiger partial charge is 0.222 e. The van der Waals surface area contributed by atoms with Gasteiger partial charge in [-0.2, -0.15) is 0 Å². The molecule has 0 aliphatic carbocycles. The minimum absolute atomic E-state index is 0.0964. The van der Waals surface area contributed by atoms with Crippen LogP contribution >= 0.6 is 15.9 Å². The average Bonchev–Trinajstić information content (AvgIpc) is 2.21. The summed E-state index contributed by atoms with van der Waals surface area (Å²) in [6, 6.07) is 7.92. The standard InChI is InChI=1S/C11H14BrNO2/c12-10-4-2-1-3-9(10)5-7-13-11(15)6-8-14/h1-4,14H,5-8H2,(H,13,15). The van der Waals surface area contributed by atoms with Gasteiger partial charge in [0.15, 0.2) is 0 Å². The van der Waals surface area contributed by atoms with Crippen molar-refractivity contribution in [3.8, 4) is 0 Å². The van der Waals surface area contributed by atoms with Crippen LogP contribution in [0.25, 0.3) is 0 Å². The van der Waals surface area contributed by atoms with Crippen LogP contribution in [0.3, 0.4) is 0 Å². The number of halogens is 1. The summed E-state index contributed by atoms with van der Waals surface area (Å²) in [5, 5.41) is 11.3. The third-order valence-corrected chi connectivity index (χ3v) is 2.79. The van der Waals surface area contributed by atoms with Gasteiger partial charge in [-0.25, -0.2) is 0 Å². The average molecular weight is 272 g/mol. The van der Waals surface area contributed by atoms with Crippen molar-refractivity contribution in [2.45, 2.75) is 12.8 Å². The number of amides is 1. The fourth-order valence-corrected chi connectivity index (χ4v) is 1.71. The molecule has 82 valence electrons.